The Morgan fingerprint density at radius 2 is 1.59 bits per heavy atom. The maximum absolute atomic E-state index is 14.1. The number of nitrogens with zero attached hydrogens (tertiary/aromatic N) is 2. The predicted molar refractivity (Wildman–Crippen MR) is 99.2 cm³/mol. The number of fused-ring (bicyclic) bond motifs is 3. The zero-order valence-corrected chi connectivity index (χ0v) is 16.7. The molecule has 1 aliphatic heterocycles. The second-order valence-corrected chi connectivity index (χ2v) is 7.41. The molecular weight excluding hydrogens is 485 g/mol. The van der Waals surface area contributed by atoms with Gasteiger partial charge in [0.15, 0.2) is 11.6 Å². The largest absolute Gasteiger partial charge is 0.490 e. The van der Waals surface area contributed by atoms with Crippen molar-refractivity contribution in [2.75, 3.05) is 0 Å². The van der Waals surface area contributed by atoms with Crippen LogP contribution in [0.5, 0.6) is 0 Å². The smallest absolute Gasteiger partial charge is 0.475 e. The van der Waals surface area contributed by atoms with E-state index in [9.17, 15) is 39.5 Å². The van der Waals surface area contributed by atoms with Crippen LogP contribution in [0.1, 0.15) is 22.9 Å². The first-order chi connectivity index (χ1) is 15.6. The third kappa shape index (κ3) is 5.11. The van der Waals surface area contributed by atoms with Gasteiger partial charge in [-0.3, -0.25) is 0 Å². The second kappa shape index (κ2) is 8.81. The summed E-state index contributed by atoms with van der Waals surface area (Å²) in [7, 11) is 0. The summed E-state index contributed by atoms with van der Waals surface area (Å²) in [6.45, 7) is 0.167. The fraction of sp³-hybridized carbons (Fsp3) is 0.300. The van der Waals surface area contributed by atoms with E-state index in [4.69, 9.17) is 15.6 Å². The van der Waals surface area contributed by atoms with Gasteiger partial charge in [0.05, 0.1) is 16.6 Å². The summed E-state index contributed by atoms with van der Waals surface area (Å²) in [6, 6.07) is 3.82. The summed E-state index contributed by atoms with van der Waals surface area (Å²) in [6.07, 6.45) is -9.48. The molecule has 5 nitrogen and oxygen atoms in total. The van der Waals surface area contributed by atoms with Crippen molar-refractivity contribution in [2.45, 2.75) is 37.3 Å². The molecule has 1 aromatic heterocycles. The van der Waals surface area contributed by atoms with E-state index in [0.29, 0.717) is 17.4 Å². The van der Waals surface area contributed by atoms with Crippen molar-refractivity contribution in [3.63, 3.8) is 0 Å². The lowest BCUT2D eigenvalue weighted by molar-refractivity contribution is -0.192. The van der Waals surface area contributed by atoms with Crippen LogP contribution in [0.2, 0.25) is 0 Å². The number of carboxylic acids is 1. The van der Waals surface area contributed by atoms with Gasteiger partial charge in [-0.25, -0.2) is 22.9 Å². The number of alkyl halides is 6. The number of carboxylic acid groups (broad SMARTS) is 1. The Morgan fingerprint density at radius 1 is 1.00 bits per heavy atom. The molecule has 184 valence electrons. The zero-order valence-electron chi connectivity index (χ0n) is 16.7. The Hall–Kier alpha value is -3.29. The summed E-state index contributed by atoms with van der Waals surface area (Å²) in [5, 5.41) is 7.12. The van der Waals surface area contributed by atoms with Gasteiger partial charge in [0.1, 0.15) is 11.6 Å². The molecule has 0 saturated heterocycles. The molecule has 2 aromatic carbocycles. The average Bonchev–Trinajstić information content (AvgIpc) is 3.06. The van der Waals surface area contributed by atoms with E-state index >= 15 is 0 Å². The van der Waals surface area contributed by atoms with Gasteiger partial charge in [0.2, 0.25) is 0 Å². The van der Waals surface area contributed by atoms with Crippen LogP contribution in [-0.4, -0.2) is 32.8 Å². The maximum Gasteiger partial charge on any atom is 0.490 e. The number of imidazole rings is 1. The van der Waals surface area contributed by atoms with Gasteiger partial charge in [0.25, 0.3) is 0 Å². The molecule has 0 unspecified atom stereocenters. The fourth-order valence-corrected chi connectivity index (χ4v) is 3.56. The Labute approximate surface area is 184 Å². The van der Waals surface area contributed by atoms with Gasteiger partial charge < -0.3 is 15.4 Å². The van der Waals surface area contributed by atoms with Crippen molar-refractivity contribution in [1.82, 2.24) is 9.55 Å². The van der Waals surface area contributed by atoms with Crippen molar-refractivity contribution in [1.29, 1.82) is 0 Å². The molecule has 0 amide bonds. The molecule has 3 N–H and O–H groups in total. The Bertz CT molecular complexity index is 1230. The Balaban J connectivity index is 0.000000406. The molecule has 0 saturated carbocycles. The molecule has 0 radical (unpaired) electrons. The summed E-state index contributed by atoms with van der Waals surface area (Å²) >= 11 is 0. The number of aromatic nitrogens is 2. The summed E-state index contributed by atoms with van der Waals surface area (Å²) in [4.78, 5) is 13.1. The minimum atomic E-state index is -5.08. The number of halogens is 9. The highest BCUT2D eigenvalue weighted by Crippen LogP contribution is 2.35. The van der Waals surface area contributed by atoms with Crippen molar-refractivity contribution >= 4 is 17.0 Å². The highest BCUT2D eigenvalue weighted by molar-refractivity contribution is 5.77. The molecule has 0 aliphatic carbocycles. The molecule has 34 heavy (non-hydrogen) atoms. The van der Waals surface area contributed by atoms with Crippen LogP contribution in [0.4, 0.5) is 39.5 Å². The van der Waals surface area contributed by atoms with Crippen LogP contribution in [0.25, 0.3) is 11.0 Å². The van der Waals surface area contributed by atoms with Crippen molar-refractivity contribution in [2.24, 2.45) is 5.73 Å². The van der Waals surface area contributed by atoms with Crippen LogP contribution in [0.3, 0.4) is 0 Å². The van der Waals surface area contributed by atoms with Crippen molar-refractivity contribution < 1.29 is 49.4 Å². The van der Waals surface area contributed by atoms with E-state index in [0.717, 1.165) is 18.2 Å². The molecule has 0 spiro atoms. The molecule has 0 fully saturated rings. The third-order valence-electron chi connectivity index (χ3n) is 5.15. The minimum absolute atomic E-state index is 0.0734. The number of carbonyl (C=O) groups is 1. The molecule has 0 bridgehead atoms. The van der Waals surface area contributed by atoms with Crippen LogP contribution in [0, 0.1) is 17.5 Å². The maximum atomic E-state index is 14.1. The molecule has 3 aromatic rings. The average molecular weight is 499 g/mol. The molecule has 1 aliphatic rings. The van der Waals surface area contributed by atoms with Crippen LogP contribution in [-0.2, 0) is 23.9 Å². The quantitative estimate of drug-likeness (QED) is 0.374. The van der Waals surface area contributed by atoms with Crippen molar-refractivity contribution in [3.8, 4) is 0 Å². The van der Waals surface area contributed by atoms with E-state index in [2.05, 4.69) is 4.98 Å². The van der Waals surface area contributed by atoms with Gasteiger partial charge in [0, 0.05) is 31.0 Å². The Kier molecular flexibility index (Phi) is 6.57. The topological polar surface area (TPSA) is 81.1 Å². The lowest BCUT2D eigenvalue weighted by Gasteiger charge is -2.30. The zero-order chi connectivity index (χ0) is 25.6. The lowest BCUT2D eigenvalue weighted by atomic mass is 9.86. The molecule has 2 heterocycles. The predicted octanol–water partition coefficient (Wildman–Crippen LogP) is 4.77. The number of hydrogen-bond donors (Lipinski definition) is 2. The minimum Gasteiger partial charge on any atom is -0.475 e. The van der Waals surface area contributed by atoms with E-state index in [-0.39, 0.29) is 24.0 Å². The van der Waals surface area contributed by atoms with Gasteiger partial charge >= 0.3 is 18.3 Å². The number of nitrogens with two attached hydrogens (primary N) is 1. The normalized spacial score (nSPS) is 18.3. The first-order valence-corrected chi connectivity index (χ1v) is 9.36. The van der Waals surface area contributed by atoms with Gasteiger partial charge in [-0.15, -0.1) is 0 Å². The molecule has 2 atom stereocenters. The highest BCUT2D eigenvalue weighted by atomic mass is 19.4. The van der Waals surface area contributed by atoms with Crippen LogP contribution < -0.4 is 5.73 Å². The highest BCUT2D eigenvalue weighted by Gasteiger charge is 2.38. The van der Waals surface area contributed by atoms with Gasteiger partial charge in [-0.1, -0.05) is 0 Å². The fourth-order valence-electron chi connectivity index (χ4n) is 3.56. The lowest BCUT2D eigenvalue weighted by Crippen LogP contribution is -2.39. The van der Waals surface area contributed by atoms with E-state index in [1.807, 2.05) is 0 Å². The van der Waals surface area contributed by atoms with E-state index in [1.165, 1.54) is 6.07 Å². The van der Waals surface area contributed by atoms with Gasteiger partial charge in [-0.05, 0) is 29.8 Å². The summed E-state index contributed by atoms with van der Waals surface area (Å²) < 4.78 is 113. The summed E-state index contributed by atoms with van der Waals surface area (Å²) in [5.41, 5.74) is 5.86. The number of aliphatic carboxylic acids is 1. The molecule has 4 rings (SSSR count). The monoisotopic (exact) mass is 499 g/mol. The first kappa shape index (κ1) is 25.3. The third-order valence-corrected chi connectivity index (χ3v) is 5.15. The SMILES string of the molecule is N[C@H]1Cn2c(nc3cc(C(F)(F)F)ccc32)C[C@@H]1c1cc(F)c(F)cc1F.O=C(O)C(F)(F)F. The molecular formula is C20H14F9N3O2. The number of hydrogen-bond acceptors (Lipinski definition) is 3. The van der Waals surface area contributed by atoms with Crippen LogP contribution >= 0.6 is 0 Å². The first-order valence-electron chi connectivity index (χ1n) is 9.36. The standard InChI is InChI=1S/C18H13F6N3.C2HF3O2/c19-11-6-13(21)12(20)4-9(11)10-5-17-26-15-3-8(18(22,23)24)1-2-16(15)27(17)7-14(10)25;3-2(4,5)1(6)7/h1-4,6,10,14H,5,7,25H2;(H,6,7)/t10-,14+;/m1./s1. The van der Waals surface area contributed by atoms with Crippen LogP contribution in [0.15, 0.2) is 30.3 Å². The van der Waals surface area contributed by atoms with Gasteiger partial charge in [-0.2, -0.15) is 26.3 Å². The number of benzene rings is 2. The molecule has 14 heteroatoms. The second-order valence-electron chi connectivity index (χ2n) is 7.41. The van der Waals surface area contributed by atoms with E-state index < -0.39 is 53.3 Å². The van der Waals surface area contributed by atoms with Crippen molar-refractivity contribution in [3.05, 3.63) is 64.7 Å². The van der Waals surface area contributed by atoms with E-state index in [1.54, 1.807) is 4.57 Å². The number of rotatable bonds is 1. The summed E-state index contributed by atoms with van der Waals surface area (Å²) in [5.74, 6) is -6.42. The Morgan fingerprint density at radius 3 is 2.15 bits per heavy atom.